The Morgan fingerprint density at radius 3 is 2.57 bits per heavy atom. The van der Waals surface area contributed by atoms with Crippen LogP contribution in [0.2, 0.25) is 0 Å². The number of benzene rings is 1. The molecule has 0 saturated carbocycles. The van der Waals surface area contributed by atoms with Crippen LogP contribution >= 0.6 is 0 Å². The molecule has 1 aromatic rings. The Labute approximate surface area is 181 Å². The van der Waals surface area contributed by atoms with Crippen LogP contribution in [-0.2, 0) is 4.79 Å². The first kappa shape index (κ1) is 22.4. The van der Waals surface area contributed by atoms with Gasteiger partial charge in [-0.15, -0.1) is 0 Å². The molecule has 3 rings (SSSR count). The van der Waals surface area contributed by atoms with E-state index in [4.69, 9.17) is 4.74 Å². The van der Waals surface area contributed by atoms with Crippen molar-refractivity contribution in [2.75, 3.05) is 53.9 Å². The summed E-state index contributed by atoms with van der Waals surface area (Å²) in [5.74, 6) is 2.15. The highest BCUT2D eigenvalue weighted by molar-refractivity contribution is 5.81. The van der Waals surface area contributed by atoms with Crippen molar-refractivity contribution < 1.29 is 9.53 Å². The highest BCUT2D eigenvalue weighted by atomic mass is 16.5. The van der Waals surface area contributed by atoms with Gasteiger partial charge >= 0.3 is 0 Å². The molecular weight excluding hydrogens is 378 g/mol. The van der Waals surface area contributed by atoms with Gasteiger partial charge in [-0.25, -0.2) is 0 Å². The van der Waals surface area contributed by atoms with Crippen LogP contribution in [0.3, 0.4) is 0 Å². The first-order valence-electron chi connectivity index (χ1n) is 11.2. The highest BCUT2D eigenvalue weighted by Crippen LogP contribution is 2.20. The maximum absolute atomic E-state index is 12.3. The standard InChI is InChI=1S/C23H37N5O2/c1-24-23(25-14-8-16-27-15-7-11-21(27)22(29)26(2)3)28-17-12-20(13-18-28)30-19-9-5-4-6-10-19/h4-6,9-10,20-21H,7-8,11-18H2,1-3H3,(H,24,25). The Hall–Kier alpha value is -2.28. The predicted octanol–water partition coefficient (Wildman–Crippen LogP) is 2.05. The molecule has 1 atom stereocenters. The summed E-state index contributed by atoms with van der Waals surface area (Å²) in [5.41, 5.74) is 0. The number of aliphatic imine (C=N–C) groups is 1. The summed E-state index contributed by atoms with van der Waals surface area (Å²) < 4.78 is 6.10. The summed E-state index contributed by atoms with van der Waals surface area (Å²) in [7, 11) is 5.54. The van der Waals surface area contributed by atoms with Gasteiger partial charge in [0.15, 0.2) is 5.96 Å². The third kappa shape index (κ3) is 6.11. The number of carbonyl (C=O) groups is 1. The second-order valence-corrected chi connectivity index (χ2v) is 8.37. The maximum Gasteiger partial charge on any atom is 0.239 e. The van der Waals surface area contributed by atoms with E-state index in [9.17, 15) is 4.79 Å². The van der Waals surface area contributed by atoms with Crippen LogP contribution in [0.15, 0.2) is 35.3 Å². The molecule has 1 unspecified atom stereocenters. The lowest BCUT2D eigenvalue weighted by molar-refractivity contribution is -0.133. The first-order valence-corrected chi connectivity index (χ1v) is 11.2. The van der Waals surface area contributed by atoms with Gasteiger partial charge in [0.25, 0.3) is 0 Å². The molecule has 1 aromatic carbocycles. The van der Waals surface area contributed by atoms with Crippen molar-refractivity contribution in [1.82, 2.24) is 20.0 Å². The maximum atomic E-state index is 12.3. The van der Waals surface area contributed by atoms with E-state index in [1.165, 1.54) is 0 Å². The predicted molar refractivity (Wildman–Crippen MR) is 121 cm³/mol. The molecule has 7 nitrogen and oxygen atoms in total. The van der Waals surface area contributed by atoms with Crippen molar-refractivity contribution in [3.8, 4) is 5.75 Å². The monoisotopic (exact) mass is 415 g/mol. The molecule has 1 N–H and O–H groups in total. The Kier molecular flexibility index (Phi) is 8.37. The Morgan fingerprint density at radius 2 is 1.90 bits per heavy atom. The van der Waals surface area contributed by atoms with E-state index in [1.807, 2.05) is 51.5 Å². The first-order chi connectivity index (χ1) is 14.6. The van der Waals surface area contributed by atoms with Crippen LogP contribution in [0.25, 0.3) is 0 Å². The van der Waals surface area contributed by atoms with E-state index >= 15 is 0 Å². The topological polar surface area (TPSA) is 60.4 Å². The largest absolute Gasteiger partial charge is 0.490 e. The van der Waals surface area contributed by atoms with Crippen molar-refractivity contribution in [3.05, 3.63) is 30.3 Å². The molecule has 0 spiro atoms. The van der Waals surface area contributed by atoms with E-state index in [1.54, 1.807) is 4.90 Å². The molecule has 0 aliphatic carbocycles. The number of likely N-dealkylation sites (N-methyl/N-ethyl adjacent to an activating group) is 1. The fourth-order valence-corrected chi connectivity index (χ4v) is 4.36. The number of guanidine groups is 1. The van der Waals surface area contributed by atoms with Crippen molar-refractivity contribution >= 4 is 11.9 Å². The van der Waals surface area contributed by atoms with Crippen LogP contribution in [0.4, 0.5) is 0 Å². The van der Waals surface area contributed by atoms with Gasteiger partial charge in [0, 0.05) is 60.2 Å². The fraction of sp³-hybridized carbons (Fsp3) is 0.652. The summed E-state index contributed by atoms with van der Waals surface area (Å²) in [6.45, 7) is 4.73. The quantitative estimate of drug-likeness (QED) is 0.420. The van der Waals surface area contributed by atoms with E-state index in [0.717, 1.165) is 76.5 Å². The Balaban J connectivity index is 1.37. The molecule has 7 heteroatoms. The van der Waals surface area contributed by atoms with Gasteiger partial charge in [0.05, 0.1) is 6.04 Å². The average Bonchev–Trinajstić information content (AvgIpc) is 3.23. The van der Waals surface area contributed by atoms with Gasteiger partial charge < -0.3 is 19.9 Å². The van der Waals surface area contributed by atoms with E-state index in [-0.39, 0.29) is 18.1 Å². The van der Waals surface area contributed by atoms with Crippen LogP contribution in [0, 0.1) is 0 Å². The normalized spacial score (nSPS) is 21.0. The minimum atomic E-state index is 0.0583. The second-order valence-electron chi connectivity index (χ2n) is 8.37. The van der Waals surface area contributed by atoms with E-state index in [2.05, 4.69) is 20.1 Å². The van der Waals surface area contributed by atoms with Gasteiger partial charge in [-0.3, -0.25) is 14.7 Å². The van der Waals surface area contributed by atoms with Crippen LogP contribution in [0.1, 0.15) is 32.1 Å². The molecule has 2 aliphatic heterocycles. The highest BCUT2D eigenvalue weighted by Gasteiger charge is 2.31. The molecular formula is C23H37N5O2. The van der Waals surface area contributed by atoms with Crippen LogP contribution in [-0.4, -0.2) is 92.6 Å². The number of ether oxygens (including phenoxy) is 1. The number of para-hydroxylation sites is 1. The van der Waals surface area contributed by atoms with Crippen molar-refractivity contribution in [3.63, 3.8) is 0 Å². The summed E-state index contributed by atoms with van der Waals surface area (Å²) in [6.07, 6.45) is 5.35. The number of amides is 1. The Morgan fingerprint density at radius 1 is 1.17 bits per heavy atom. The van der Waals surface area contributed by atoms with Gasteiger partial charge in [-0.1, -0.05) is 18.2 Å². The molecule has 0 bridgehead atoms. The number of likely N-dealkylation sites (tertiary alicyclic amines) is 2. The number of nitrogens with one attached hydrogen (secondary N) is 1. The summed E-state index contributed by atoms with van der Waals surface area (Å²) in [4.78, 5) is 23.2. The molecule has 30 heavy (non-hydrogen) atoms. The third-order valence-electron chi connectivity index (χ3n) is 5.99. The lowest BCUT2D eigenvalue weighted by Crippen LogP contribution is -2.48. The number of piperidine rings is 1. The molecule has 2 aliphatic rings. The molecule has 0 radical (unpaired) electrons. The number of hydrogen-bond acceptors (Lipinski definition) is 4. The number of carbonyl (C=O) groups excluding carboxylic acids is 1. The minimum Gasteiger partial charge on any atom is -0.490 e. The van der Waals surface area contributed by atoms with Gasteiger partial charge in [0.2, 0.25) is 5.91 Å². The second kappa shape index (κ2) is 11.2. The number of rotatable bonds is 7. The molecule has 166 valence electrons. The third-order valence-corrected chi connectivity index (χ3v) is 5.99. The average molecular weight is 416 g/mol. The fourth-order valence-electron chi connectivity index (χ4n) is 4.36. The van der Waals surface area contributed by atoms with Crippen molar-refractivity contribution in [2.45, 2.75) is 44.2 Å². The van der Waals surface area contributed by atoms with E-state index < -0.39 is 0 Å². The summed E-state index contributed by atoms with van der Waals surface area (Å²) in [5, 5.41) is 3.51. The van der Waals surface area contributed by atoms with Crippen LogP contribution in [0.5, 0.6) is 5.75 Å². The number of hydrogen-bond donors (Lipinski definition) is 1. The minimum absolute atomic E-state index is 0.0583. The molecule has 2 saturated heterocycles. The lowest BCUT2D eigenvalue weighted by Gasteiger charge is -2.34. The van der Waals surface area contributed by atoms with E-state index in [0.29, 0.717) is 0 Å². The zero-order valence-corrected chi connectivity index (χ0v) is 18.7. The molecule has 1 amide bonds. The lowest BCUT2D eigenvalue weighted by atomic mass is 10.1. The molecule has 0 aromatic heterocycles. The van der Waals surface area contributed by atoms with Gasteiger partial charge in [-0.2, -0.15) is 0 Å². The van der Waals surface area contributed by atoms with Gasteiger partial charge in [0.1, 0.15) is 11.9 Å². The van der Waals surface area contributed by atoms with Crippen LogP contribution < -0.4 is 10.1 Å². The zero-order valence-electron chi connectivity index (χ0n) is 18.7. The van der Waals surface area contributed by atoms with Gasteiger partial charge in [-0.05, 0) is 37.9 Å². The zero-order chi connectivity index (χ0) is 21.3. The number of nitrogens with zero attached hydrogens (tertiary/aromatic N) is 4. The smallest absolute Gasteiger partial charge is 0.239 e. The summed E-state index contributed by atoms with van der Waals surface area (Å²) in [6, 6.07) is 10.1. The SMILES string of the molecule is CN=C(NCCCN1CCCC1C(=O)N(C)C)N1CCC(Oc2ccccc2)CC1. The van der Waals surface area contributed by atoms with Crippen molar-refractivity contribution in [1.29, 1.82) is 0 Å². The molecule has 2 heterocycles. The Bertz CT molecular complexity index is 686. The molecule has 2 fully saturated rings. The van der Waals surface area contributed by atoms with Crippen molar-refractivity contribution in [2.24, 2.45) is 4.99 Å². The summed E-state index contributed by atoms with van der Waals surface area (Å²) >= 11 is 0.